The first kappa shape index (κ1) is 26.5. The minimum Gasteiger partial charge on any atom is -0.481 e. The van der Waals surface area contributed by atoms with Crippen LogP contribution in [-0.2, 0) is 30.4 Å². The molecule has 0 saturated heterocycles. The molecule has 3 amide bonds. The SMILES string of the molecule is C=CC(=O)N1CCC(=O)Oc2ccc(C[C@H](N)CC(C)C(=O)O)cc2NC(=O)CCN1C(C)=O. The summed E-state index contributed by atoms with van der Waals surface area (Å²) in [6.45, 7) is 6.03. The first-order chi connectivity index (χ1) is 16.0. The number of amides is 3. The van der Waals surface area contributed by atoms with Gasteiger partial charge in [0.25, 0.3) is 5.91 Å². The summed E-state index contributed by atoms with van der Waals surface area (Å²) in [6, 6.07) is 4.40. The Hall–Kier alpha value is -3.73. The van der Waals surface area contributed by atoms with Crippen molar-refractivity contribution in [1.82, 2.24) is 10.0 Å². The Morgan fingerprint density at radius 2 is 1.91 bits per heavy atom. The highest BCUT2D eigenvalue weighted by atomic mass is 16.5. The van der Waals surface area contributed by atoms with E-state index in [2.05, 4.69) is 11.9 Å². The Balaban J connectivity index is 2.27. The van der Waals surface area contributed by atoms with E-state index in [9.17, 15) is 24.0 Å². The van der Waals surface area contributed by atoms with Gasteiger partial charge in [-0.05, 0) is 36.6 Å². The van der Waals surface area contributed by atoms with Crippen LogP contribution in [0.25, 0.3) is 0 Å². The van der Waals surface area contributed by atoms with Gasteiger partial charge in [0.05, 0.1) is 31.1 Å². The number of ether oxygens (including phenoxy) is 1. The van der Waals surface area contributed by atoms with Gasteiger partial charge in [-0.3, -0.25) is 29.0 Å². The molecule has 0 saturated carbocycles. The zero-order valence-corrected chi connectivity index (χ0v) is 19.3. The third-order valence-electron chi connectivity index (χ3n) is 5.28. The maximum absolute atomic E-state index is 12.6. The number of hydrogen-bond donors (Lipinski definition) is 3. The average Bonchev–Trinajstić information content (AvgIpc) is 2.75. The lowest BCUT2D eigenvalue weighted by atomic mass is 9.96. The number of esters is 1. The van der Waals surface area contributed by atoms with E-state index in [0.29, 0.717) is 6.42 Å². The van der Waals surface area contributed by atoms with Crippen LogP contribution in [-0.4, -0.2) is 63.9 Å². The second kappa shape index (κ2) is 11.9. The largest absolute Gasteiger partial charge is 0.481 e. The van der Waals surface area contributed by atoms with Gasteiger partial charge in [-0.1, -0.05) is 19.6 Å². The summed E-state index contributed by atoms with van der Waals surface area (Å²) in [7, 11) is 0. The Labute approximate surface area is 197 Å². The number of benzene rings is 1. The van der Waals surface area contributed by atoms with Crippen LogP contribution in [0, 0.1) is 5.92 Å². The summed E-state index contributed by atoms with van der Waals surface area (Å²) in [5, 5.41) is 13.9. The number of aliphatic carboxylic acids is 1. The summed E-state index contributed by atoms with van der Waals surface area (Å²) in [5.41, 5.74) is 7.06. The molecule has 0 spiro atoms. The second-order valence-corrected chi connectivity index (χ2v) is 8.10. The van der Waals surface area contributed by atoms with Gasteiger partial charge >= 0.3 is 11.9 Å². The molecule has 1 aliphatic rings. The number of carbonyl (C=O) groups is 5. The number of carboxylic acids is 1. The van der Waals surface area contributed by atoms with Crippen molar-refractivity contribution in [2.45, 2.75) is 45.6 Å². The normalized spacial score (nSPS) is 16.7. The smallest absolute Gasteiger partial charge is 0.313 e. The molecule has 2 rings (SSSR count). The number of fused-ring (bicyclic) bond motifs is 1. The lowest BCUT2D eigenvalue weighted by Crippen LogP contribution is -2.50. The molecule has 1 aromatic rings. The Bertz CT molecular complexity index is 978. The lowest BCUT2D eigenvalue weighted by Gasteiger charge is -2.33. The Kier molecular flexibility index (Phi) is 9.31. The number of nitrogens with two attached hydrogens (primary N) is 1. The molecule has 1 aliphatic heterocycles. The van der Waals surface area contributed by atoms with E-state index in [1.807, 2.05) is 0 Å². The number of anilines is 1. The molecular weight excluding hydrogens is 444 g/mol. The molecule has 0 aliphatic carbocycles. The highest BCUT2D eigenvalue weighted by molar-refractivity contribution is 5.94. The summed E-state index contributed by atoms with van der Waals surface area (Å²) in [5.74, 6) is -3.59. The van der Waals surface area contributed by atoms with Crippen molar-refractivity contribution in [3.05, 3.63) is 36.4 Å². The molecule has 0 radical (unpaired) electrons. The monoisotopic (exact) mass is 474 g/mol. The third-order valence-corrected chi connectivity index (χ3v) is 5.28. The van der Waals surface area contributed by atoms with Crippen LogP contribution in [0.1, 0.15) is 38.7 Å². The molecule has 34 heavy (non-hydrogen) atoms. The van der Waals surface area contributed by atoms with E-state index < -0.39 is 41.6 Å². The maximum atomic E-state index is 12.6. The van der Waals surface area contributed by atoms with Crippen molar-refractivity contribution in [2.75, 3.05) is 18.4 Å². The fourth-order valence-corrected chi connectivity index (χ4v) is 3.53. The topological polar surface area (TPSA) is 159 Å². The predicted octanol–water partition coefficient (Wildman–Crippen LogP) is 1.08. The van der Waals surface area contributed by atoms with Crippen LogP contribution in [0.3, 0.4) is 0 Å². The molecular formula is C23H30N4O7. The van der Waals surface area contributed by atoms with E-state index >= 15 is 0 Å². The van der Waals surface area contributed by atoms with Crippen LogP contribution < -0.4 is 15.8 Å². The van der Waals surface area contributed by atoms with Gasteiger partial charge in [-0.15, -0.1) is 0 Å². The highest BCUT2D eigenvalue weighted by Gasteiger charge is 2.25. The van der Waals surface area contributed by atoms with Crippen molar-refractivity contribution >= 4 is 35.3 Å². The lowest BCUT2D eigenvalue weighted by molar-refractivity contribution is -0.161. The van der Waals surface area contributed by atoms with Gasteiger partial charge in [-0.2, -0.15) is 0 Å². The number of carbonyl (C=O) groups excluding carboxylic acids is 4. The number of carboxylic acid groups (broad SMARTS) is 1. The molecule has 0 bridgehead atoms. The highest BCUT2D eigenvalue weighted by Crippen LogP contribution is 2.28. The minimum atomic E-state index is -0.930. The summed E-state index contributed by atoms with van der Waals surface area (Å²) in [6.07, 6.45) is 1.33. The van der Waals surface area contributed by atoms with Crippen LogP contribution in [0.5, 0.6) is 5.75 Å². The van der Waals surface area contributed by atoms with Crippen molar-refractivity contribution in [1.29, 1.82) is 0 Å². The molecule has 11 nitrogen and oxygen atoms in total. The summed E-state index contributed by atoms with van der Waals surface area (Å²) >= 11 is 0. The molecule has 0 fully saturated rings. The third kappa shape index (κ3) is 7.41. The van der Waals surface area contributed by atoms with Crippen molar-refractivity contribution in [3.8, 4) is 5.75 Å². The Morgan fingerprint density at radius 1 is 1.24 bits per heavy atom. The minimum absolute atomic E-state index is 0.0806. The summed E-state index contributed by atoms with van der Waals surface area (Å²) in [4.78, 5) is 60.5. The molecule has 1 unspecified atom stereocenters. The Morgan fingerprint density at radius 3 is 2.53 bits per heavy atom. The van der Waals surface area contributed by atoms with Crippen molar-refractivity contribution < 1.29 is 33.8 Å². The molecule has 11 heteroatoms. The predicted molar refractivity (Wildman–Crippen MR) is 122 cm³/mol. The number of nitrogens with one attached hydrogen (secondary N) is 1. The van der Waals surface area contributed by atoms with Gasteiger partial charge < -0.3 is 20.9 Å². The van der Waals surface area contributed by atoms with E-state index in [1.165, 1.54) is 13.0 Å². The molecule has 2 atom stereocenters. The van der Waals surface area contributed by atoms with E-state index in [4.69, 9.17) is 15.6 Å². The van der Waals surface area contributed by atoms with E-state index in [1.54, 1.807) is 19.1 Å². The average molecular weight is 475 g/mol. The number of hydrogen-bond acceptors (Lipinski definition) is 7. The van der Waals surface area contributed by atoms with Gasteiger partial charge in [-0.25, -0.2) is 5.01 Å². The van der Waals surface area contributed by atoms with Gasteiger partial charge in [0.1, 0.15) is 0 Å². The van der Waals surface area contributed by atoms with Gasteiger partial charge in [0, 0.05) is 19.4 Å². The fraction of sp³-hybridized carbons (Fsp3) is 0.435. The first-order valence-corrected chi connectivity index (χ1v) is 10.9. The second-order valence-electron chi connectivity index (χ2n) is 8.10. The summed E-state index contributed by atoms with van der Waals surface area (Å²) < 4.78 is 5.40. The fourth-order valence-electron chi connectivity index (χ4n) is 3.53. The van der Waals surface area contributed by atoms with Crippen molar-refractivity contribution in [2.24, 2.45) is 11.7 Å². The van der Waals surface area contributed by atoms with Crippen LogP contribution in [0.15, 0.2) is 30.9 Å². The molecule has 4 N–H and O–H groups in total. The quantitative estimate of drug-likeness (QED) is 0.314. The number of rotatable bonds is 6. The van der Waals surface area contributed by atoms with Gasteiger partial charge in [0.2, 0.25) is 11.8 Å². The number of hydrazine groups is 1. The molecule has 1 aromatic carbocycles. The molecule has 0 aromatic heterocycles. The first-order valence-electron chi connectivity index (χ1n) is 10.9. The number of nitrogens with zero attached hydrogens (tertiary/aromatic N) is 2. The van der Waals surface area contributed by atoms with Crippen molar-refractivity contribution in [3.63, 3.8) is 0 Å². The van der Waals surface area contributed by atoms with Gasteiger partial charge in [0.15, 0.2) is 5.75 Å². The van der Waals surface area contributed by atoms with E-state index in [0.717, 1.165) is 21.7 Å². The van der Waals surface area contributed by atoms with E-state index in [-0.39, 0.29) is 43.8 Å². The standard InChI is InChI=1S/C23H30N4O7/c1-4-21(30)27-10-8-22(31)34-19-6-5-16(12-17(24)11-14(2)23(32)33)13-18(19)25-20(29)7-9-26(27)15(3)28/h4-6,13-14,17H,1,7-12,24H2,2-3H3,(H,25,29)(H,32,33)/t14?,17-/m1/s1. The molecule has 1 heterocycles. The zero-order valence-electron chi connectivity index (χ0n) is 19.3. The van der Waals surface area contributed by atoms with Crippen LogP contribution in [0.4, 0.5) is 5.69 Å². The van der Waals surface area contributed by atoms with Crippen LogP contribution in [0.2, 0.25) is 0 Å². The zero-order chi connectivity index (χ0) is 25.4. The maximum Gasteiger partial charge on any atom is 0.313 e. The molecule has 184 valence electrons. The van der Waals surface area contributed by atoms with Crippen LogP contribution >= 0.6 is 0 Å².